The van der Waals surface area contributed by atoms with E-state index < -0.39 is 5.82 Å². The number of thiocarbonyl (C=S) groups is 1. The molecular weight excluding hydrogens is 307 g/mol. The summed E-state index contributed by atoms with van der Waals surface area (Å²) in [5.74, 6) is -0.429. The second-order valence-corrected chi connectivity index (χ2v) is 4.59. The van der Waals surface area contributed by atoms with Crippen molar-refractivity contribution < 1.29 is 9.13 Å². The van der Waals surface area contributed by atoms with Crippen LogP contribution < -0.4 is 16.4 Å². The minimum atomic E-state index is -0.429. The maximum absolute atomic E-state index is 14.0. The van der Waals surface area contributed by atoms with Gasteiger partial charge in [-0.1, -0.05) is 0 Å². The van der Waals surface area contributed by atoms with Crippen LogP contribution in [-0.4, -0.2) is 33.6 Å². The van der Waals surface area contributed by atoms with Gasteiger partial charge in [-0.05, 0) is 30.4 Å². The summed E-state index contributed by atoms with van der Waals surface area (Å²) in [4.78, 5) is 3.78. The fraction of sp³-hybridized carbons (Fsp3) is 0.154. The van der Waals surface area contributed by atoms with Gasteiger partial charge in [0.15, 0.2) is 5.82 Å². The van der Waals surface area contributed by atoms with E-state index in [2.05, 4.69) is 20.7 Å². The Labute approximate surface area is 132 Å². The Morgan fingerprint density at radius 1 is 1.55 bits per heavy atom. The summed E-state index contributed by atoms with van der Waals surface area (Å²) in [5.41, 5.74) is 7.13. The highest BCUT2D eigenvalue weighted by atomic mass is 32.1. The van der Waals surface area contributed by atoms with Crippen molar-refractivity contribution in [3.8, 4) is 5.69 Å². The van der Waals surface area contributed by atoms with Crippen molar-refractivity contribution in [1.82, 2.24) is 20.1 Å². The monoisotopic (exact) mass is 322 g/mol. The van der Waals surface area contributed by atoms with Crippen LogP contribution in [-0.2, 0) is 4.74 Å². The topological polar surface area (TPSA) is 90.0 Å². The molecular formula is C13H15FN6OS. The van der Waals surface area contributed by atoms with Gasteiger partial charge < -0.3 is 21.1 Å². The molecule has 1 aromatic heterocycles. The number of ether oxygens (including phenoxy) is 1. The number of rotatable bonds is 5. The Balaban J connectivity index is 1.99. The lowest BCUT2D eigenvalue weighted by atomic mass is 10.2. The summed E-state index contributed by atoms with van der Waals surface area (Å²) >= 11 is 4.82. The first-order chi connectivity index (χ1) is 10.6. The largest absolute Gasteiger partial charge is 0.474 e. The maximum Gasteiger partial charge on any atom is 0.256 e. The number of halogens is 1. The van der Waals surface area contributed by atoms with Gasteiger partial charge in [0, 0.05) is 17.6 Å². The molecule has 2 aromatic rings. The molecule has 116 valence electrons. The summed E-state index contributed by atoms with van der Waals surface area (Å²) in [7, 11) is 1.47. The molecule has 9 heteroatoms. The molecule has 0 saturated carbocycles. The number of hydrogen-bond donors (Lipinski definition) is 3. The molecule has 0 radical (unpaired) electrons. The molecule has 0 unspecified atom stereocenters. The number of benzene rings is 1. The van der Waals surface area contributed by atoms with Crippen molar-refractivity contribution in [2.24, 2.45) is 5.73 Å². The molecule has 0 aliphatic carbocycles. The van der Waals surface area contributed by atoms with E-state index in [9.17, 15) is 4.39 Å². The average Bonchev–Trinajstić information content (AvgIpc) is 3.04. The van der Waals surface area contributed by atoms with Crippen LogP contribution in [0, 0.1) is 5.82 Å². The van der Waals surface area contributed by atoms with Gasteiger partial charge in [-0.15, -0.1) is 0 Å². The lowest BCUT2D eigenvalue weighted by Gasteiger charge is -2.08. The number of methoxy groups -OCH3 is 1. The Kier molecular flexibility index (Phi) is 5.26. The normalized spacial score (nSPS) is 11.1. The van der Waals surface area contributed by atoms with E-state index in [1.807, 2.05) is 0 Å². The number of anilines is 1. The Morgan fingerprint density at radius 3 is 3.00 bits per heavy atom. The van der Waals surface area contributed by atoms with Crippen LogP contribution in [0.3, 0.4) is 0 Å². The highest BCUT2D eigenvalue weighted by Crippen LogP contribution is 2.17. The van der Waals surface area contributed by atoms with E-state index in [4.69, 9.17) is 22.7 Å². The molecule has 2 rings (SSSR count). The summed E-state index contributed by atoms with van der Waals surface area (Å²) in [5, 5.41) is 9.82. The first-order valence-corrected chi connectivity index (χ1v) is 6.68. The molecule has 0 bridgehead atoms. The zero-order chi connectivity index (χ0) is 15.9. The summed E-state index contributed by atoms with van der Waals surface area (Å²) in [6.07, 6.45) is 4.31. The molecule has 1 aromatic carbocycles. The van der Waals surface area contributed by atoms with Crippen LogP contribution in [0.4, 0.5) is 10.1 Å². The van der Waals surface area contributed by atoms with E-state index in [1.54, 1.807) is 18.3 Å². The molecule has 0 aliphatic rings. The SMILES string of the molecule is COC(=S)NC/C(N)=C/Nc1ccc(-n2cncn2)c(F)c1. The van der Waals surface area contributed by atoms with Crippen LogP contribution >= 0.6 is 12.2 Å². The molecule has 0 atom stereocenters. The molecule has 0 aliphatic heterocycles. The summed E-state index contributed by atoms with van der Waals surface area (Å²) in [6.45, 7) is 0.319. The predicted octanol–water partition coefficient (Wildman–Crippen LogP) is 1.14. The van der Waals surface area contributed by atoms with Crippen LogP contribution in [0.5, 0.6) is 0 Å². The lowest BCUT2D eigenvalue weighted by molar-refractivity contribution is 0.395. The second kappa shape index (κ2) is 7.36. The molecule has 0 saturated heterocycles. The third kappa shape index (κ3) is 4.16. The van der Waals surface area contributed by atoms with Gasteiger partial charge in [0.05, 0.1) is 13.7 Å². The van der Waals surface area contributed by atoms with Crippen LogP contribution in [0.15, 0.2) is 42.8 Å². The number of nitrogens with one attached hydrogen (secondary N) is 2. The number of aromatic nitrogens is 3. The van der Waals surface area contributed by atoms with Gasteiger partial charge in [-0.25, -0.2) is 14.1 Å². The molecule has 0 fully saturated rings. The van der Waals surface area contributed by atoms with Crippen molar-refractivity contribution >= 4 is 23.1 Å². The highest BCUT2D eigenvalue weighted by Gasteiger charge is 2.05. The highest BCUT2D eigenvalue weighted by molar-refractivity contribution is 7.80. The molecule has 22 heavy (non-hydrogen) atoms. The van der Waals surface area contributed by atoms with E-state index in [-0.39, 0.29) is 5.17 Å². The van der Waals surface area contributed by atoms with Gasteiger partial charge in [-0.2, -0.15) is 5.10 Å². The maximum atomic E-state index is 14.0. The van der Waals surface area contributed by atoms with Gasteiger partial charge in [0.2, 0.25) is 0 Å². The van der Waals surface area contributed by atoms with Gasteiger partial charge in [0.25, 0.3) is 5.17 Å². The summed E-state index contributed by atoms with van der Waals surface area (Å²) in [6, 6.07) is 4.64. The minimum absolute atomic E-state index is 0.250. The van der Waals surface area contributed by atoms with Crippen molar-refractivity contribution in [2.75, 3.05) is 19.0 Å². The van der Waals surface area contributed by atoms with Crippen LogP contribution in [0.1, 0.15) is 0 Å². The van der Waals surface area contributed by atoms with E-state index in [0.29, 0.717) is 23.6 Å². The van der Waals surface area contributed by atoms with Gasteiger partial charge >= 0.3 is 0 Å². The van der Waals surface area contributed by atoms with Crippen molar-refractivity contribution in [2.45, 2.75) is 0 Å². The van der Waals surface area contributed by atoms with E-state index >= 15 is 0 Å². The first-order valence-electron chi connectivity index (χ1n) is 6.27. The standard InChI is InChI=1S/C13H15FN6OS/c1-21-13(22)18-6-9(15)5-17-10-2-3-12(11(14)4-10)20-8-16-7-19-20/h2-5,7-8,17H,6,15H2,1H3,(H,18,22)/b9-5-. The molecule has 4 N–H and O–H groups in total. The Hall–Kier alpha value is -2.68. The second-order valence-electron chi connectivity index (χ2n) is 4.21. The van der Waals surface area contributed by atoms with E-state index in [0.717, 1.165) is 0 Å². The Bertz CT molecular complexity index is 673. The van der Waals surface area contributed by atoms with Crippen molar-refractivity contribution in [1.29, 1.82) is 0 Å². The zero-order valence-electron chi connectivity index (χ0n) is 11.8. The molecule has 0 spiro atoms. The predicted molar refractivity (Wildman–Crippen MR) is 84.8 cm³/mol. The Morgan fingerprint density at radius 2 is 2.36 bits per heavy atom. The number of nitrogens with zero attached hydrogens (tertiary/aromatic N) is 3. The van der Waals surface area contributed by atoms with Crippen LogP contribution in [0.2, 0.25) is 0 Å². The van der Waals surface area contributed by atoms with Crippen LogP contribution in [0.25, 0.3) is 5.69 Å². The lowest BCUT2D eigenvalue weighted by Crippen LogP contribution is -2.27. The third-order valence-corrected chi connectivity index (χ3v) is 2.97. The fourth-order valence-corrected chi connectivity index (χ4v) is 1.66. The summed E-state index contributed by atoms with van der Waals surface area (Å²) < 4.78 is 20.1. The van der Waals surface area contributed by atoms with Gasteiger partial charge in [-0.3, -0.25) is 0 Å². The fourth-order valence-electron chi connectivity index (χ4n) is 1.59. The molecule has 7 nitrogen and oxygen atoms in total. The van der Waals surface area contributed by atoms with Crippen molar-refractivity contribution in [3.05, 3.63) is 48.6 Å². The van der Waals surface area contributed by atoms with Gasteiger partial charge in [0.1, 0.15) is 18.3 Å². The zero-order valence-corrected chi connectivity index (χ0v) is 12.6. The number of hydrogen-bond acceptors (Lipinski definition) is 6. The smallest absolute Gasteiger partial charge is 0.256 e. The third-order valence-electron chi connectivity index (χ3n) is 2.66. The first kappa shape index (κ1) is 15.7. The number of nitrogens with two attached hydrogens (primary N) is 1. The average molecular weight is 322 g/mol. The molecule has 0 amide bonds. The minimum Gasteiger partial charge on any atom is -0.474 e. The molecule has 1 heterocycles. The van der Waals surface area contributed by atoms with Crippen molar-refractivity contribution in [3.63, 3.8) is 0 Å². The van der Waals surface area contributed by atoms with E-state index in [1.165, 1.54) is 30.5 Å². The quantitative estimate of drug-likeness (QED) is 0.711.